The normalized spacial score (nSPS) is 10.7. The number of ether oxygens (including phenoxy) is 1. The van der Waals surface area contributed by atoms with Crippen LogP contribution in [0.4, 0.5) is 0 Å². The van der Waals surface area contributed by atoms with Gasteiger partial charge in [-0.2, -0.15) is 0 Å². The quantitative estimate of drug-likeness (QED) is 0.782. The Bertz CT molecular complexity index is 533. The van der Waals surface area contributed by atoms with Crippen LogP contribution in [0.3, 0.4) is 0 Å². The minimum absolute atomic E-state index is 0.130. The van der Waals surface area contributed by atoms with Crippen molar-refractivity contribution in [1.29, 1.82) is 0 Å². The van der Waals surface area contributed by atoms with Crippen molar-refractivity contribution in [2.45, 2.75) is 26.7 Å². The maximum Gasteiger partial charge on any atom is 0.306 e. The van der Waals surface area contributed by atoms with Crippen LogP contribution in [-0.4, -0.2) is 17.6 Å². The topological polar surface area (TPSA) is 39.2 Å². The summed E-state index contributed by atoms with van der Waals surface area (Å²) >= 11 is 1.71. The van der Waals surface area contributed by atoms with E-state index >= 15 is 0 Å². The third-order valence-electron chi connectivity index (χ3n) is 2.54. The SMILES string of the molecule is CCOC(=O)CCc1cc2nccc(C)c2s1. The maximum absolute atomic E-state index is 11.3. The minimum atomic E-state index is -0.130. The van der Waals surface area contributed by atoms with Gasteiger partial charge in [-0.05, 0) is 38.0 Å². The molecule has 0 atom stereocenters. The molecule has 2 aromatic rings. The van der Waals surface area contributed by atoms with E-state index in [9.17, 15) is 4.79 Å². The fraction of sp³-hybridized carbons (Fsp3) is 0.385. The summed E-state index contributed by atoms with van der Waals surface area (Å²) in [6, 6.07) is 4.07. The highest BCUT2D eigenvalue weighted by molar-refractivity contribution is 7.19. The largest absolute Gasteiger partial charge is 0.466 e. The predicted molar refractivity (Wildman–Crippen MR) is 69.3 cm³/mol. The van der Waals surface area contributed by atoms with Crippen molar-refractivity contribution in [2.75, 3.05) is 6.61 Å². The number of esters is 1. The van der Waals surface area contributed by atoms with E-state index in [0.29, 0.717) is 13.0 Å². The molecule has 2 aromatic heterocycles. The number of fused-ring (bicyclic) bond motifs is 1. The first-order chi connectivity index (χ1) is 8.20. The van der Waals surface area contributed by atoms with Crippen LogP contribution >= 0.6 is 11.3 Å². The smallest absolute Gasteiger partial charge is 0.306 e. The number of thiophene rings is 1. The number of rotatable bonds is 4. The molecule has 0 aliphatic carbocycles. The predicted octanol–water partition coefficient (Wildman–Crippen LogP) is 3.10. The minimum Gasteiger partial charge on any atom is -0.466 e. The molecule has 0 N–H and O–H groups in total. The van der Waals surface area contributed by atoms with Gasteiger partial charge >= 0.3 is 5.97 Å². The Kier molecular flexibility index (Phi) is 3.74. The summed E-state index contributed by atoms with van der Waals surface area (Å²) in [5.74, 6) is -0.130. The van der Waals surface area contributed by atoms with Crippen molar-refractivity contribution in [1.82, 2.24) is 4.98 Å². The number of pyridine rings is 1. The van der Waals surface area contributed by atoms with Crippen molar-refractivity contribution in [3.63, 3.8) is 0 Å². The molecule has 3 nitrogen and oxygen atoms in total. The molecule has 0 saturated carbocycles. The number of nitrogens with zero attached hydrogens (tertiary/aromatic N) is 1. The van der Waals surface area contributed by atoms with Gasteiger partial charge < -0.3 is 4.74 Å². The zero-order valence-corrected chi connectivity index (χ0v) is 10.8. The average molecular weight is 249 g/mol. The van der Waals surface area contributed by atoms with E-state index in [4.69, 9.17) is 4.74 Å². The fourth-order valence-corrected chi connectivity index (χ4v) is 2.78. The van der Waals surface area contributed by atoms with Gasteiger partial charge in [0, 0.05) is 11.1 Å². The van der Waals surface area contributed by atoms with Crippen molar-refractivity contribution in [3.8, 4) is 0 Å². The van der Waals surface area contributed by atoms with Crippen molar-refractivity contribution >= 4 is 27.5 Å². The van der Waals surface area contributed by atoms with E-state index in [-0.39, 0.29) is 5.97 Å². The molecule has 0 spiro atoms. The Hall–Kier alpha value is -1.42. The molecular formula is C13H15NO2S. The molecule has 0 aliphatic rings. The van der Waals surface area contributed by atoms with Crippen LogP contribution in [0.25, 0.3) is 10.2 Å². The lowest BCUT2D eigenvalue weighted by atomic mass is 10.2. The number of carbonyl (C=O) groups is 1. The lowest BCUT2D eigenvalue weighted by molar-refractivity contribution is -0.143. The molecular weight excluding hydrogens is 234 g/mol. The molecule has 0 aromatic carbocycles. The highest BCUT2D eigenvalue weighted by atomic mass is 32.1. The molecule has 2 heterocycles. The summed E-state index contributed by atoms with van der Waals surface area (Å²) in [4.78, 5) is 16.8. The van der Waals surface area contributed by atoms with Crippen LogP contribution in [0, 0.1) is 6.92 Å². The molecule has 17 heavy (non-hydrogen) atoms. The fourth-order valence-electron chi connectivity index (χ4n) is 1.70. The lowest BCUT2D eigenvalue weighted by Gasteiger charge is -1.99. The van der Waals surface area contributed by atoms with Crippen LogP contribution in [0.15, 0.2) is 18.3 Å². The second kappa shape index (κ2) is 5.27. The van der Waals surface area contributed by atoms with Gasteiger partial charge in [0.05, 0.1) is 23.2 Å². The highest BCUT2D eigenvalue weighted by Crippen LogP contribution is 2.27. The highest BCUT2D eigenvalue weighted by Gasteiger charge is 2.07. The Morgan fingerprint density at radius 3 is 3.06 bits per heavy atom. The third kappa shape index (κ3) is 2.82. The van der Waals surface area contributed by atoms with E-state index in [1.807, 2.05) is 19.2 Å². The van der Waals surface area contributed by atoms with Crippen LogP contribution < -0.4 is 0 Å². The first-order valence-electron chi connectivity index (χ1n) is 5.70. The van der Waals surface area contributed by atoms with Crippen LogP contribution in [-0.2, 0) is 16.0 Å². The Morgan fingerprint density at radius 2 is 2.35 bits per heavy atom. The van der Waals surface area contributed by atoms with Gasteiger partial charge in [0.2, 0.25) is 0 Å². The summed E-state index contributed by atoms with van der Waals surface area (Å²) in [7, 11) is 0. The molecule has 2 rings (SSSR count). The Labute approximate surface area is 104 Å². The van der Waals surface area contributed by atoms with E-state index in [1.165, 1.54) is 15.1 Å². The van der Waals surface area contributed by atoms with E-state index in [2.05, 4.69) is 18.0 Å². The summed E-state index contributed by atoms with van der Waals surface area (Å²) in [5.41, 5.74) is 2.26. The molecule has 90 valence electrons. The number of aryl methyl sites for hydroxylation is 2. The van der Waals surface area contributed by atoms with E-state index in [1.54, 1.807) is 11.3 Å². The number of hydrogen-bond acceptors (Lipinski definition) is 4. The van der Waals surface area contributed by atoms with Gasteiger partial charge in [-0.1, -0.05) is 0 Å². The van der Waals surface area contributed by atoms with Crippen molar-refractivity contribution in [3.05, 3.63) is 28.8 Å². The van der Waals surface area contributed by atoms with Gasteiger partial charge in [0.25, 0.3) is 0 Å². The van der Waals surface area contributed by atoms with Crippen LogP contribution in [0.5, 0.6) is 0 Å². The van der Waals surface area contributed by atoms with E-state index in [0.717, 1.165) is 11.9 Å². The molecule has 0 saturated heterocycles. The summed E-state index contributed by atoms with van der Waals surface area (Å²) in [6.07, 6.45) is 3.00. The second-order valence-electron chi connectivity index (χ2n) is 3.86. The van der Waals surface area contributed by atoms with Crippen molar-refractivity contribution in [2.24, 2.45) is 0 Å². The molecule has 0 radical (unpaired) electrons. The molecule has 0 fully saturated rings. The van der Waals surface area contributed by atoms with Gasteiger partial charge in [-0.3, -0.25) is 9.78 Å². The summed E-state index contributed by atoms with van der Waals surface area (Å²) < 4.78 is 6.13. The van der Waals surface area contributed by atoms with Gasteiger partial charge in [0.15, 0.2) is 0 Å². The molecule has 0 bridgehead atoms. The zero-order chi connectivity index (χ0) is 12.3. The van der Waals surface area contributed by atoms with Crippen LogP contribution in [0.2, 0.25) is 0 Å². The van der Waals surface area contributed by atoms with Gasteiger partial charge in [-0.15, -0.1) is 11.3 Å². The summed E-state index contributed by atoms with van der Waals surface area (Å²) in [6.45, 7) is 4.35. The maximum atomic E-state index is 11.3. The van der Waals surface area contributed by atoms with Crippen LogP contribution in [0.1, 0.15) is 23.8 Å². The molecule has 0 unspecified atom stereocenters. The summed E-state index contributed by atoms with van der Waals surface area (Å²) in [5, 5.41) is 0. The monoisotopic (exact) mass is 249 g/mol. The molecule has 4 heteroatoms. The number of aromatic nitrogens is 1. The lowest BCUT2D eigenvalue weighted by Crippen LogP contribution is -2.04. The zero-order valence-electron chi connectivity index (χ0n) is 10.0. The third-order valence-corrected chi connectivity index (χ3v) is 3.86. The van der Waals surface area contributed by atoms with Gasteiger partial charge in [-0.25, -0.2) is 0 Å². The van der Waals surface area contributed by atoms with Gasteiger partial charge in [0.1, 0.15) is 0 Å². The first kappa shape index (κ1) is 12.0. The number of hydrogen-bond donors (Lipinski definition) is 0. The standard InChI is InChI=1S/C13H15NO2S/c1-3-16-12(15)5-4-10-8-11-13(17-10)9(2)6-7-14-11/h6-8H,3-5H2,1-2H3. The van der Waals surface area contributed by atoms with E-state index < -0.39 is 0 Å². The first-order valence-corrected chi connectivity index (χ1v) is 6.52. The second-order valence-corrected chi connectivity index (χ2v) is 5.00. The van der Waals surface area contributed by atoms with Crippen molar-refractivity contribution < 1.29 is 9.53 Å². The molecule has 0 aliphatic heterocycles. The Balaban J connectivity index is 2.10. The average Bonchev–Trinajstić information content (AvgIpc) is 2.71. The Morgan fingerprint density at radius 1 is 1.53 bits per heavy atom. The number of carbonyl (C=O) groups excluding carboxylic acids is 1. The molecule has 0 amide bonds.